The second-order valence-corrected chi connectivity index (χ2v) is 9.09. The van der Waals surface area contributed by atoms with E-state index in [0.29, 0.717) is 36.7 Å². The summed E-state index contributed by atoms with van der Waals surface area (Å²) in [6.07, 6.45) is 12.4. The lowest BCUT2D eigenvalue weighted by molar-refractivity contribution is -0.132. The Morgan fingerprint density at radius 3 is 2.41 bits per heavy atom. The van der Waals surface area contributed by atoms with Gasteiger partial charge in [-0.3, -0.25) is 9.59 Å². The third kappa shape index (κ3) is 10.7. The van der Waals surface area contributed by atoms with Crippen molar-refractivity contribution in [3.05, 3.63) is 34.0 Å². The maximum Gasteiger partial charge on any atom is 0.219 e. The van der Waals surface area contributed by atoms with Gasteiger partial charge in [0.1, 0.15) is 5.84 Å². The minimum absolute atomic E-state index is 0.00571. The van der Waals surface area contributed by atoms with Crippen LogP contribution < -0.4 is 5.32 Å². The number of amidine groups is 1. The zero-order valence-electron chi connectivity index (χ0n) is 21.8. The first-order valence-electron chi connectivity index (χ1n) is 11.9. The Kier molecular flexibility index (Phi) is 15.9. The number of nitrogens with one attached hydrogen (secondary N) is 1. The van der Waals surface area contributed by atoms with Gasteiger partial charge >= 0.3 is 0 Å². The Balaban J connectivity index is 0.00000343. The molecule has 0 bridgehead atoms. The number of hydrogen-bond donors (Lipinski definition) is 2. The van der Waals surface area contributed by atoms with Crippen LogP contribution in [0.25, 0.3) is 0 Å². The largest absolute Gasteiger partial charge is 0.393 e. The number of aliphatic hydroxyl groups excluding tert-OH is 1. The number of unbranched alkanes of at least 4 members (excludes halogenated alkanes) is 1. The number of terminal acetylenes is 1. The second-order valence-electron chi connectivity index (χ2n) is 8.49. The lowest BCUT2D eigenvalue weighted by Crippen LogP contribution is -2.48. The summed E-state index contributed by atoms with van der Waals surface area (Å²) >= 11 is 5.95. The molecule has 2 amide bonds. The molecule has 34 heavy (non-hydrogen) atoms. The normalized spacial score (nSPS) is 20.2. The van der Waals surface area contributed by atoms with Crippen molar-refractivity contribution in [2.75, 3.05) is 6.54 Å². The van der Waals surface area contributed by atoms with Gasteiger partial charge in [-0.1, -0.05) is 44.4 Å². The minimum atomic E-state index is -0.545. The number of nitrogens with zero attached hydrogens (tertiary/aromatic N) is 2. The van der Waals surface area contributed by atoms with Gasteiger partial charge in [-0.15, -0.1) is 12.3 Å². The summed E-state index contributed by atoms with van der Waals surface area (Å²) in [5.41, 5.74) is 2.75. The number of rotatable bonds is 10. The van der Waals surface area contributed by atoms with E-state index in [1.54, 1.807) is 33.8 Å². The van der Waals surface area contributed by atoms with Crippen LogP contribution in [0, 0.1) is 18.3 Å². The fraction of sp³-hybridized carbons (Fsp3) is 0.593. The molecule has 1 aliphatic rings. The smallest absolute Gasteiger partial charge is 0.219 e. The highest BCUT2D eigenvalue weighted by molar-refractivity contribution is 6.29. The molecule has 0 spiro atoms. The van der Waals surface area contributed by atoms with Gasteiger partial charge in [0.2, 0.25) is 12.3 Å². The standard InChI is InChI=1S/C24H38ClN3O3.C3H4/c1-7-9-10-20-14-28(19(6)31)22(13-18(5)30)21(8-2)23(20)27-24(26-15-29)16(3)11-12-17(4)25;1-3-2/h11-12,15,18,20,22,30H,7-10,13-14H2,1-6H3,(H,26,27,29);1H,2H3/b16-11+,17-12+;. The number of carbonyl (C=O) groups is 2. The van der Waals surface area contributed by atoms with Crippen molar-refractivity contribution in [1.82, 2.24) is 10.2 Å². The van der Waals surface area contributed by atoms with Crippen molar-refractivity contribution in [2.24, 2.45) is 10.9 Å². The number of carbonyl (C=O) groups excluding carboxylic acids is 2. The van der Waals surface area contributed by atoms with E-state index in [-0.39, 0.29) is 17.9 Å². The van der Waals surface area contributed by atoms with E-state index in [2.05, 4.69) is 31.5 Å². The molecule has 0 aromatic rings. The molecule has 0 saturated heterocycles. The number of aliphatic hydroxyl groups is 1. The van der Waals surface area contributed by atoms with Crippen LogP contribution in [0.5, 0.6) is 0 Å². The molecule has 7 heteroatoms. The quantitative estimate of drug-likeness (QED) is 0.142. The molecule has 3 atom stereocenters. The molecular formula is C27H42ClN3O3. The third-order valence-electron chi connectivity index (χ3n) is 5.53. The first kappa shape index (κ1) is 31.6. The van der Waals surface area contributed by atoms with Crippen LogP contribution in [0.2, 0.25) is 0 Å². The van der Waals surface area contributed by atoms with E-state index in [4.69, 9.17) is 16.6 Å². The van der Waals surface area contributed by atoms with Gasteiger partial charge in [0.15, 0.2) is 0 Å². The zero-order valence-corrected chi connectivity index (χ0v) is 22.6. The molecule has 1 aliphatic heterocycles. The summed E-state index contributed by atoms with van der Waals surface area (Å²) < 4.78 is 0. The summed E-state index contributed by atoms with van der Waals surface area (Å²) in [6.45, 7) is 13.4. The molecule has 0 aromatic carbocycles. The molecule has 6 nitrogen and oxygen atoms in total. The molecule has 0 radical (unpaired) electrons. The number of halogens is 1. The maximum atomic E-state index is 12.5. The van der Waals surface area contributed by atoms with Crippen LogP contribution in [0.15, 0.2) is 39.0 Å². The van der Waals surface area contributed by atoms with Gasteiger partial charge in [0.25, 0.3) is 0 Å². The fourth-order valence-electron chi connectivity index (χ4n) is 4.00. The van der Waals surface area contributed by atoms with E-state index < -0.39 is 6.10 Å². The van der Waals surface area contributed by atoms with E-state index in [0.717, 1.165) is 36.1 Å². The molecule has 0 aromatic heterocycles. The van der Waals surface area contributed by atoms with Crippen LogP contribution >= 0.6 is 11.6 Å². The third-order valence-corrected chi connectivity index (χ3v) is 5.66. The van der Waals surface area contributed by atoms with Gasteiger partial charge in [-0.2, -0.15) is 0 Å². The molecule has 0 aliphatic carbocycles. The number of hydrogen-bond acceptors (Lipinski definition) is 4. The van der Waals surface area contributed by atoms with Crippen molar-refractivity contribution in [3.8, 4) is 12.3 Å². The average molecular weight is 492 g/mol. The fourth-order valence-corrected chi connectivity index (χ4v) is 4.06. The van der Waals surface area contributed by atoms with Crippen molar-refractivity contribution in [1.29, 1.82) is 0 Å². The molecule has 1 heterocycles. The van der Waals surface area contributed by atoms with Crippen LogP contribution in [0.1, 0.15) is 80.6 Å². The predicted molar refractivity (Wildman–Crippen MR) is 142 cm³/mol. The highest BCUT2D eigenvalue weighted by Gasteiger charge is 2.36. The first-order valence-corrected chi connectivity index (χ1v) is 12.3. The van der Waals surface area contributed by atoms with Crippen LogP contribution in [0.4, 0.5) is 0 Å². The topological polar surface area (TPSA) is 82.0 Å². The lowest BCUT2D eigenvalue weighted by Gasteiger charge is -2.42. The summed E-state index contributed by atoms with van der Waals surface area (Å²) in [5.74, 6) is 2.80. The van der Waals surface area contributed by atoms with Crippen molar-refractivity contribution < 1.29 is 14.7 Å². The lowest BCUT2D eigenvalue weighted by atomic mass is 9.83. The van der Waals surface area contributed by atoms with E-state index in [1.807, 2.05) is 17.9 Å². The van der Waals surface area contributed by atoms with Gasteiger partial charge in [-0.05, 0) is 64.2 Å². The van der Waals surface area contributed by atoms with Gasteiger partial charge in [-0.25, -0.2) is 4.99 Å². The van der Waals surface area contributed by atoms with Crippen LogP contribution in [-0.4, -0.2) is 46.8 Å². The Labute approximate surface area is 211 Å². The first-order chi connectivity index (χ1) is 16.1. The highest BCUT2D eigenvalue weighted by Crippen LogP contribution is 2.36. The maximum absolute atomic E-state index is 12.5. The molecule has 0 saturated carbocycles. The van der Waals surface area contributed by atoms with E-state index in [1.165, 1.54) is 0 Å². The van der Waals surface area contributed by atoms with Gasteiger partial charge in [0, 0.05) is 30.1 Å². The second kappa shape index (κ2) is 17.1. The SMILES string of the molecule is C#CC.CCCCC1CN(C(C)=O)C(CC(C)O)C(CC)=C1N=C(NC=O)/C(C)=C/C=C(\C)Cl. The Bertz CT molecular complexity index is 831. The molecule has 3 unspecified atom stereocenters. The minimum Gasteiger partial charge on any atom is -0.393 e. The molecule has 2 N–H and O–H groups in total. The van der Waals surface area contributed by atoms with Crippen molar-refractivity contribution in [3.63, 3.8) is 0 Å². The van der Waals surface area contributed by atoms with Crippen LogP contribution in [0.3, 0.4) is 0 Å². The molecule has 0 fully saturated rings. The molecule has 1 rings (SSSR count). The van der Waals surface area contributed by atoms with Gasteiger partial charge in [0.05, 0.1) is 12.1 Å². The monoisotopic (exact) mass is 491 g/mol. The molecular weight excluding hydrogens is 450 g/mol. The summed E-state index contributed by atoms with van der Waals surface area (Å²) in [4.78, 5) is 30.6. The van der Waals surface area contributed by atoms with Crippen LogP contribution in [-0.2, 0) is 9.59 Å². The highest BCUT2D eigenvalue weighted by atomic mass is 35.5. The Morgan fingerprint density at radius 2 is 1.97 bits per heavy atom. The Morgan fingerprint density at radius 1 is 1.35 bits per heavy atom. The summed E-state index contributed by atoms with van der Waals surface area (Å²) in [5, 5.41) is 13.5. The summed E-state index contributed by atoms with van der Waals surface area (Å²) in [7, 11) is 0. The number of amides is 2. The van der Waals surface area contributed by atoms with Gasteiger partial charge < -0.3 is 15.3 Å². The average Bonchev–Trinajstić information content (AvgIpc) is 2.76. The van der Waals surface area contributed by atoms with Crippen molar-refractivity contribution in [2.45, 2.75) is 92.7 Å². The predicted octanol–water partition coefficient (Wildman–Crippen LogP) is 5.33. The zero-order chi connectivity index (χ0) is 26.3. The number of allylic oxidation sites excluding steroid dienone is 3. The molecule has 190 valence electrons. The number of aliphatic imine (C=N–C) groups is 1. The van der Waals surface area contributed by atoms with E-state index in [9.17, 15) is 14.7 Å². The van der Waals surface area contributed by atoms with Crippen molar-refractivity contribution >= 4 is 29.8 Å². The van der Waals surface area contributed by atoms with E-state index >= 15 is 0 Å². The Hall–Kier alpha value is -2.36. The summed E-state index contributed by atoms with van der Waals surface area (Å²) in [6, 6.07) is -0.203.